The fourth-order valence-corrected chi connectivity index (χ4v) is 2.86. The number of hydrogen-bond donors (Lipinski definition) is 2. The topological polar surface area (TPSA) is 62.3 Å². The van der Waals surface area contributed by atoms with Crippen LogP contribution in [0.1, 0.15) is 37.3 Å². The fraction of sp³-hybridized carbons (Fsp3) is 0.533. The van der Waals surface area contributed by atoms with Crippen LogP contribution >= 0.6 is 0 Å². The van der Waals surface area contributed by atoms with Gasteiger partial charge in [0.05, 0.1) is 12.7 Å². The number of nitrogens with zero attached hydrogens (tertiary/aromatic N) is 1. The van der Waals surface area contributed by atoms with E-state index in [0.29, 0.717) is 17.4 Å². The van der Waals surface area contributed by atoms with Crippen molar-refractivity contribution in [2.45, 2.75) is 38.8 Å². The standard InChI is InChI=1S/C15H23N3O/c1-3-12-5-4-8-18(12)10-11-6-7-14(19-2)13(9-11)15(16)17/h6-7,9,12H,3-5,8,10H2,1-2H3,(H3,16,17). The van der Waals surface area contributed by atoms with Crippen molar-refractivity contribution in [1.29, 1.82) is 5.41 Å². The Morgan fingerprint density at radius 3 is 2.95 bits per heavy atom. The second-order valence-corrected chi connectivity index (χ2v) is 5.12. The SMILES string of the molecule is CCC1CCCN1Cc1ccc(OC)c(C(=N)N)c1. The van der Waals surface area contributed by atoms with Crippen LogP contribution in [0, 0.1) is 5.41 Å². The minimum atomic E-state index is 0.0622. The summed E-state index contributed by atoms with van der Waals surface area (Å²) >= 11 is 0. The van der Waals surface area contributed by atoms with Crippen LogP contribution in [0.3, 0.4) is 0 Å². The van der Waals surface area contributed by atoms with Crippen LogP contribution in [0.15, 0.2) is 18.2 Å². The molecular weight excluding hydrogens is 238 g/mol. The fourth-order valence-electron chi connectivity index (χ4n) is 2.86. The summed E-state index contributed by atoms with van der Waals surface area (Å²) in [4.78, 5) is 2.52. The largest absolute Gasteiger partial charge is 0.496 e. The van der Waals surface area contributed by atoms with Gasteiger partial charge < -0.3 is 10.5 Å². The van der Waals surface area contributed by atoms with Crippen LogP contribution in [0.2, 0.25) is 0 Å². The number of likely N-dealkylation sites (tertiary alicyclic amines) is 1. The molecule has 4 heteroatoms. The van der Waals surface area contributed by atoms with Gasteiger partial charge in [-0.1, -0.05) is 13.0 Å². The molecule has 0 aliphatic carbocycles. The molecule has 0 amide bonds. The Morgan fingerprint density at radius 1 is 1.53 bits per heavy atom. The van der Waals surface area contributed by atoms with Gasteiger partial charge in [0.25, 0.3) is 0 Å². The van der Waals surface area contributed by atoms with Gasteiger partial charge in [-0.2, -0.15) is 0 Å². The van der Waals surface area contributed by atoms with Crippen LogP contribution in [0.4, 0.5) is 0 Å². The summed E-state index contributed by atoms with van der Waals surface area (Å²) in [6, 6.07) is 6.65. The molecule has 0 aromatic heterocycles. The number of methoxy groups -OCH3 is 1. The number of benzene rings is 1. The predicted octanol–water partition coefficient (Wildman–Crippen LogP) is 2.35. The highest BCUT2D eigenvalue weighted by Gasteiger charge is 2.22. The van der Waals surface area contributed by atoms with E-state index in [1.54, 1.807) is 7.11 Å². The van der Waals surface area contributed by atoms with Crippen molar-refractivity contribution < 1.29 is 4.74 Å². The number of rotatable bonds is 5. The molecule has 1 heterocycles. The highest BCUT2D eigenvalue weighted by molar-refractivity contribution is 5.97. The van der Waals surface area contributed by atoms with Crippen LogP contribution in [-0.4, -0.2) is 30.4 Å². The van der Waals surface area contributed by atoms with E-state index in [9.17, 15) is 0 Å². The van der Waals surface area contributed by atoms with E-state index in [1.807, 2.05) is 12.1 Å². The first kappa shape index (κ1) is 13.9. The molecule has 104 valence electrons. The maximum absolute atomic E-state index is 7.62. The van der Waals surface area contributed by atoms with Gasteiger partial charge in [-0.25, -0.2) is 0 Å². The zero-order valence-corrected chi connectivity index (χ0v) is 11.8. The first-order valence-corrected chi connectivity index (χ1v) is 6.91. The molecule has 3 N–H and O–H groups in total. The van der Waals surface area contributed by atoms with Gasteiger partial charge in [0, 0.05) is 12.6 Å². The molecule has 0 bridgehead atoms. The van der Waals surface area contributed by atoms with E-state index >= 15 is 0 Å². The zero-order chi connectivity index (χ0) is 13.8. The van der Waals surface area contributed by atoms with Gasteiger partial charge in [-0.3, -0.25) is 10.3 Å². The van der Waals surface area contributed by atoms with Crippen molar-refractivity contribution in [1.82, 2.24) is 4.90 Å². The van der Waals surface area contributed by atoms with E-state index < -0.39 is 0 Å². The summed E-state index contributed by atoms with van der Waals surface area (Å²) in [7, 11) is 1.61. The second kappa shape index (κ2) is 6.06. The summed E-state index contributed by atoms with van der Waals surface area (Å²) in [5, 5.41) is 7.62. The van der Waals surface area contributed by atoms with Gasteiger partial charge in [0.2, 0.25) is 0 Å². The predicted molar refractivity (Wildman–Crippen MR) is 77.7 cm³/mol. The molecular formula is C15H23N3O. The summed E-state index contributed by atoms with van der Waals surface area (Å²) in [6.07, 6.45) is 3.79. The molecule has 1 unspecified atom stereocenters. The van der Waals surface area contributed by atoms with Crippen LogP contribution < -0.4 is 10.5 Å². The molecule has 2 rings (SSSR count). The molecule has 1 saturated heterocycles. The van der Waals surface area contributed by atoms with Crippen molar-refractivity contribution in [3.05, 3.63) is 29.3 Å². The lowest BCUT2D eigenvalue weighted by atomic mass is 10.1. The van der Waals surface area contributed by atoms with Gasteiger partial charge in [0.1, 0.15) is 11.6 Å². The van der Waals surface area contributed by atoms with Crippen molar-refractivity contribution in [3.8, 4) is 5.75 Å². The molecule has 19 heavy (non-hydrogen) atoms. The van der Waals surface area contributed by atoms with Gasteiger partial charge in [-0.05, 0) is 43.5 Å². The molecule has 0 radical (unpaired) electrons. The summed E-state index contributed by atoms with van der Waals surface area (Å²) in [6.45, 7) is 4.35. The first-order chi connectivity index (χ1) is 9.15. The smallest absolute Gasteiger partial charge is 0.129 e. The Labute approximate surface area is 115 Å². The molecule has 1 aliphatic heterocycles. The number of nitrogens with two attached hydrogens (primary N) is 1. The minimum absolute atomic E-state index is 0.0622. The normalized spacial score (nSPS) is 19.6. The van der Waals surface area contributed by atoms with E-state index in [1.165, 1.54) is 31.4 Å². The number of hydrogen-bond acceptors (Lipinski definition) is 3. The summed E-state index contributed by atoms with van der Waals surface area (Å²) in [5.74, 6) is 0.733. The minimum Gasteiger partial charge on any atom is -0.496 e. The van der Waals surface area contributed by atoms with E-state index in [2.05, 4.69) is 17.9 Å². The number of nitrogen functional groups attached to an aromatic ring is 1. The summed E-state index contributed by atoms with van der Waals surface area (Å²) < 4.78 is 5.24. The molecule has 1 aliphatic rings. The third-order valence-corrected chi connectivity index (χ3v) is 3.91. The molecule has 0 spiro atoms. The van der Waals surface area contributed by atoms with Gasteiger partial charge >= 0.3 is 0 Å². The van der Waals surface area contributed by atoms with Crippen molar-refractivity contribution in [2.75, 3.05) is 13.7 Å². The average molecular weight is 261 g/mol. The lowest BCUT2D eigenvalue weighted by Crippen LogP contribution is -2.28. The van der Waals surface area contributed by atoms with Crippen LogP contribution in [-0.2, 0) is 6.54 Å². The van der Waals surface area contributed by atoms with Crippen molar-refractivity contribution >= 4 is 5.84 Å². The Bertz CT molecular complexity index is 459. The Morgan fingerprint density at radius 2 is 2.32 bits per heavy atom. The van der Waals surface area contributed by atoms with Gasteiger partial charge in [-0.15, -0.1) is 0 Å². The number of ether oxygens (including phenoxy) is 1. The van der Waals surface area contributed by atoms with Gasteiger partial charge in [0.15, 0.2) is 0 Å². The van der Waals surface area contributed by atoms with Crippen LogP contribution in [0.5, 0.6) is 5.75 Å². The highest BCUT2D eigenvalue weighted by atomic mass is 16.5. The number of nitrogens with one attached hydrogen (secondary N) is 1. The Hall–Kier alpha value is -1.55. The van der Waals surface area contributed by atoms with E-state index in [-0.39, 0.29) is 5.84 Å². The Balaban J connectivity index is 2.17. The lowest BCUT2D eigenvalue weighted by molar-refractivity contribution is 0.240. The molecule has 4 nitrogen and oxygen atoms in total. The van der Waals surface area contributed by atoms with E-state index in [0.717, 1.165) is 6.54 Å². The highest BCUT2D eigenvalue weighted by Crippen LogP contribution is 2.25. The molecule has 1 aromatic carbocycles. The zero-order valence-electron chi connectivity index (χ0n) is 11.8. The van der Waals surface area contributed by atoms with Crippen molar-refractivity contribution in [2.24, 2.45) is 5.73 Å². The molecule has 1 aromatic rings. The monoisotopic (exact) mass is 261 g/mol. The van der Waals surface area contributed by atoms with Crippen LogP contribution in [0.25, 0.3) is 0 Å². The first-order valence-electron chi connectivity index (χ1n) is 6.91. The average Bonchev–Trinajstić information content (AvgIpc) is 2.85. The summed E-state index contributed by atoms with van der Waals surface area (Å²) in [5.41, 5.74) is 7.50. The molecule has 1 fully saturated rings. The Kier molecular flexibility index (Phi) is 4.43. The molecule has 1 atom stereocenters. The second-order valence-electron chi connectivity index (χ2n) is 5.12. The van der Waals surface area contributed by atoms with Crippen molar-refractivity contribution in [3.63, 3.8) is 0 Å². The maximum atomic E-state index is 7.62. The molecule has 0 saturated carbocycles. The van der Waals surface area contributed by atoms with E-state index in [4.69, 9.17) is 15.9 Å². The quantitative estimate of drug-likeness (QED) is 0.632. The lowest BCUT2D eigenvalue weighted by Gasteiger charge is -2.23. The third kappa shape index (κ3) is 3.07. The number of amidine groups is 1. The third-order valence-electron chi connectivity index (χ3n) is 3.91. The maximum Gasteiger partial charge on any atom is 0.129 e.